The lowest BCUT2D eigenvalue weighted by molar-refractivity contribution is 0.0600. The Balaban J connectivity index is 2.14. The summed E-state index contributed by atoms with van der Waals surface area (Å²) in [7, 11) is 1.28. The molecule has 1 aromatic carbocycles. The molecule has 2 rings (SSSR count). The van der Waals surface area contributed by atoms with Crippen LogP contribution < -0.4 is 5.32 Å². The van der Waals surface area contributed by atoms with Gasteiger partial charge in [0.1, 0.15) is 11.6 Å². The summed E-state index contributed by atoms with van der Waals surface area (Å²) in [5, 5.41) is 2.90. The van der Waals surface area contributed by atoms with Crippen molar-refractivity contribution in [1.82, 2.24) is 9.97 Å². The molecule has 0 bridgehead atoms. The number of nitrogens with one attached hydrogen (secondary N) is 1. The van der Waals surface area contributed by atoms with E-state index in [1.54, 1.807) is 19.2 Å². The molecule has 0 aliphatic heterocycles. The van der Waals surface area contributed by atoms with Crippen LogP contribution in [0, 0.1) is 12.7 Å². The number of hydrogen-bond acceptors (Lipinski definition) is 5. The Kier molecular flexibility index (Phi) is 4.24. The van der Waals surface area contributed by atoms with Gasteiger partial charge in [-0.25, -0.2) is 19.2 Å². The lowest BCUT2D eigenvalue weighted by atomic mass is 10.2. The summed E-state index contributed by atoms with van der Waals surface area (Å²) in [5.74, 6) is -0.303. The second-order valence-corrected chi connectivity index (χ2v) is 4.13. The highest BCUT2D eigenvalue weighted by Crippen LogP contribution is 2.17. The van der Waals surface area contributed by atoms with E-state index in [9.17, 15) is 9.18 Å². The van der Waals surface area contributed by atoms with Gasteiger partial charge in [-0.05, 0) is 31.2 Å². The average Bonchev–Trinajstić information content (AvgIpc) is 2.45. The van der Waals surface area contributed by atoms with Crippen molar-refractivity contribution in [3.8, 4) is 0 Å². The van der Waals surface area contributed by atoms with Crippen molar-refractivity contribution >= 4 is 11.7 Å². The second kappa shape index (κ2) is 6.10. The van der Waals surface area contributed by atoms with E-state index in [2.05, 4.69) is 20.0 Å². The summed E-state index contributed by atoms with van der Waals surface area (Å²) in [6, 6.07) is 5.75. The molecular formula is C14H14FN3O2. The summed E-state index contributed by atoms with van der Waals surface area (Å²) >= 11 is 0. The van der Waals surface area contributed by atoms with Gasteiger partial charge in [0.05, 0.1) is 30.6 Å². The Morgan fingerprint density at radius 1 is 1.40 bits per heavy atom. The molecule has 1 N–H and O–H groups in total. The summed E-state index contributed by atoms with van der Waals surface area (Å²) in [5.41, 5.74) is 1.25. The van der Waals surface area contributed by atoms with Gasteiger partial charge in [0, 0.05) is 6.20 Å². The van der Waals surface area contributed by atoms with Crippen molar-refractivity contribution in [2.45, 2.75) is 13.5 Å². The van der Waals surface area contributed by atoms with E-state index >= 15 is 0 Å². The highest BCUT2D eigenvalue weighted by molar-refractivity contribution is 5.90. The van der Waals surface area contributed by atoms with E-state index in [0.717, 1.165) is 5.69 Å². The normalized spacial score (nSPS) is 10.2. The van der Waals surface area contributed by atoms with Crippen LogP contribution in [0.25, 0.3) is 0 Å². The minimum absolute atomic E-state index is 0.226. The molecule has 2 aromatic rings. The van der Waals surface area contributed by atoms with Crippen molar-refractivity contribution in [2.24, 2.45) is 0 Å². The van der Waals surface area contributed by atoms with Gasteiger partial charge < -0.3 is 10.1 Å². The van der Waals surface area contributed by atoms with Gasteiger partial charge in [0.15, 0.2) is 0 Å². The highest BCUT2D eigenvalue weighted by atomic mass is 19.1. The van der Waals surface area contributed by atoms with Crippen molar-refractivity contribution < 1.29 is 13.9 Å². The van der Waals surface area contributed by atoms with Gasteiger partial charge in [-0.1, -0.05) is 0 Å². The van der Waals surface area contributed by atoms with Crippen molar-refractivity contribution in [3.05, 3.63) is 53.4 Å². The zero-order chi connectivity index (χ0) is 14.5. The molecule has 1 aromatic heterocycles. The molecule has 0 saturated carbocycles. The van der Waals surface area contributed by atoms with Gasteiger partial charge in [-0.2, -0.15) is 0 Å². The Morgan fingerprint density at radius 3 is 2.90 bits per heavy atom. The fourth-order valence-corrected chi connectivity index (χ4v) is 1.69. The van der Waals surface area contributed by atoms with Gasteiger partial charge in [-0.3, -0.25) is 0 Å². The zero-order valence-corrected chi connectivity index (χ0v) is 11.2. The van der Waals surface area contributed by atoms with Crippen LogP contribution in [0.1, 0.15) is 21.9 Å². The first kappa shape index (κ1) is 13.9. The summed E-state index contributed by atoms with van der Waals surface area (Å²) in [4.78, 5) is 19.6. The van der Waals surface area contributed by atoms with Crippen LogP contribution in [0.4, 0.5) is 10.1 Å². The van der Waals surface area contributed by atoms with E-state index in [1.165, 1.54) is 25.3 Å². The number of anilines is 1. The SMILES string of the molecule is COC(=O)c1ccc(F)c(NCc2ccnc(C)n2)c1. The number of carbonyl (C=O) groups excluding carboxylic acids is 1. The molecule has 0 atom stereocenters. The third kappa shape index (κ3) is 3.28. The van der Waals surface area contributed by atoms with E-state index in [0.29, 0.717) is 12.4 Å². The maximum absolute atomic E-state index is 13.7. The molecule has 6 heteroatoms. The molecule has 0 fully saturated rings. The zero-order valence-electron chi connectivity index (χ0n) is 11.2. The first-order chi connectivity index (χ1) is 9.60. The number of hydrogen-bond donors (Lipinski definition) is 1. The number of esters is 1. The fourth-order valence-electron chi connectivity index (χ4n) is 1.69. The van der Waals surface area contributed by atoms with Gasteiger partial charge in [0.25, 0.3) is 0 Å². The van der Waals surface area contributed by atoms with Crippen LogP contribution >= 0.6 is 0 Å². The van der Waals surface area contributed by atoms with Crippen LogP contribution in [0.2, 0.25) is 0 Å². The van der Waals surface area contributed by atoms with Crippen LogP contribution in [-0.2, 0) is 11.3 Å². The van der Waals surface area contributed by atoms with Gasteiger partial charge >= 0.3 is 5.97 Å². The summed E-state index contributed by atoms with van der Waals surface area (Å²) in [6.45, 7) is 2.12. The number of nitrogens with zero attached hydrogens (tertiary/aromatic N) is 2. The molecule has 0 spiro atoms. The van der Waals surface area contributed by atoms with Crippen molar-refractivity contribution in [3.63, 3.8) is 0 Å². The third-order valence-electron chi connectivity index (χ3n) is 2.68. The molecular weight excluding hydrogens is 261 g/mol. The molecule has 0 aliphatic carbocycles. The monoisotopic (exact) mass is 275 g/mol. The number of carbonyl (C=O) groups is 1. The van der Waals surface area contributed by atoms with Gasteiger partial charge in [0.2, 0.25) is 0 Å². The van der Waals surface area contributed by atoms with Crippen LogP contribution in [-0.4, -0.2) is 23.0 Å². The quantitative estimate of drug-likeness (QED) is 0.867. The Labute approximate surface area is 115 Å². The summed E-state index contributed by atoms with van der Waals surface area (Å²) < 4.78 is 18.3. The second-order valence-electron chi connectivity index (χ2n) is 4.13. The molecule has 1 heterocycles. The van der Waals surface area contributed by atoms with Crippen molar-refractivity contribution in [2.75, 3.05) is 12.4 Å². The van der Waals surface area contributed by atoms with E-state index in [1.807, 2.05) is 0 Å². The third-order valence-corrected chi connectivity index (χ3v) is 2.68. The number of methoxy groups -OCH3 is 1. The molecule has 104 valence electrons. The molecule has 0 aliphatic rings. The highest BCUT2D eigenvalue weighted by Gasteiger charge is 2.09. The van der Waals surface area contributed by atoms with E-state index < -0.39 is 11.8 Å². The predicted molar refractivity (Wildman–Crippen MR) is 71.8 cm³/mol. The molecule has 0 saturated heterocycles. The molecule has 5 nitrogen and oxygen atoms in total. The maximum Gasteiger partial charge on any atom is 0.337 e. The lowest BCUT2D eigenvalue weighted by Gasteiger charge is -2.09. The van der Waals surface area contributed by atoms with Crippen LogP contribution in [0.15, 0.2) is 30.5 Å². The van der Waals surface area contributed by atoms with E-state index in [-0.39, 0.29) is 11.3 Å². The van der Waals surface area contributed by atoms with E-state index in [4.69, 9.17) is 0 Å². The van der Waals surface area contributed by atoms with Crippen molar-refractivity contribution in [1.29, 1.82) is 0 Å². The number of aryl methyl sites for hydroxylation is 1. The largest absolute Gasteiger partial charge is 0.465 e. The number of halogens is 1. The number of benzene rings is 1. The Hall–Kier alpha value is -2.50. The van der Waals surface area contributed by atoms with Gasteiger partial charge in [-0.15, -0.1) is 0 Å². The first-order valence-corrected chi connectivity index (χ1v) is 6.00. The molecule has 20 heavy (non-hydrogen) atoms. The Bertz CT molecular complexity index is 632. The Morgan fingerprint density at radius 2 is 2.20 bits per heavy atom. The smallest absolute Gasteiger partial charge is 0.337 e. The number of aromatic nitrogens is 2. The number of rotatable bonds is 4. The minimum Gasteiger partial charge on any atom is -0.465 e. The summed E-state index contributed by atoms with van der Waals surface area (Å²) in [6.07, 6.45) is 1.64. The fraction of sp³-hybridized carbons (Fsp3) is 0.214. The molecule has 0 radical (unpaired) electrons. The predicted octanol–water partition coefficient (Wildman–Crippen LogP) is 2.32. The molecule has 0 amide bonds. The standard InChI is InChI=1S/C14H14FN3O2/c1-9-16-6-5-11(18-9)8-17-13-7-10(14(19)20-2)3-4-12(13)15/h3-7,17H,8H2,1-2H3. The lowest BCUT2D eigenvalue weighted by Crippen LogP contribution is -2.07. The first-order valence-electron chi connectivity index (χ1n) is 6.00. The van der Waals surface area contributed by atoms with Crippen LogP contribution in [0.5, 0.6) is 0 Å². The average molecular weight is 275 g/mol. The minimum atomic E-state index is -0.508. The molecule has 0 unspecified atom stereocenters. The van der Waals surface area contributed by atoms with Crippen LogP contribution in [0.3, 0.4) is 0 Å². The number of ether oxygens (including phenoxy) is 1. The maximum atomic E-state index is 13.7. The topological polar surface area (TPSA) is 64.1 Å².